The number of benzene rings is 1. The standard InChI is InChI=1S/C21H18ClN7O4/c1-4-33-21(30)14-9-25-28(15-8-12(3)13-7-5-6-11(2)16(13)26-15)20(14)27-19-17(29(31)32)18(22)23-10-24-19/h5-10H,4H2,1-3H3,(H,23,24,27). The summed E-state index contributed by atoms with van der Waals surface area (Å²) in [6, 6.07) is 7.66. The maximum absolute atomic E-state index is 12.6. The third-order valence-corrected chi connectivity index (χ3v) is 5.19. The van der Waals surface area contributed by atoms with Crippen LogP contribution in [-0.4, -0.2) is 42.2 Å². The van der Waals surface area contributed by atoms with Gasteiger partial charge in [-0.3, -0.25) is 10.1 Å². The number of aromatic nitrogens is 5. The fraction of sp³-hybridized carbons (Fsp3) is 0.190. The van der Waals surface area contributed by atoms with Crippen molar-refractivity contribution in [3.05, 3.63) is 68.7 Å². The molecule has 12 heteroatoms. The zero-order valence-corrected chi connectivity index (χ0v) is 18.6. The number of hydrogen-bond acceptors (Lipinski definition) is 9. The summed E-state index contributed by atoms with van der Waals surface area (Å²) in [6.07, 6.45) is 2.37. The maximum atomic E-state index is 12.6. The number of fused-ring (bicyclic) bond motifs is 1. The van der Waals surface area contributed by atoms with Gasteiger partial charge in [0.05, 0.1) is 23.2 Å². The summed E-state index contributed by atoms with van der Waals surface area (Å²) in [5.41, 5.74) is 2.17. The molecule has 0 aliphatic rings. The average molecular weight is 468 g/mol. The quantitative estimate of drug-likeness (QED) is 0.190. The first-order chi connectivity index (χ1) is 15.8. The number of carbonyl (C=O) groups is 1. The molecule has 0 saturated carbocycles. The van der Waals surface area contributed by atoms with Crippen LogP contribution in [0, 0.1) is 24.0 Å². The van der Waals surface area contributed by atoms with E-state index in [9.17, 15) is 14.9 Å². The Morgan fingerprint density at radius 3 is 2.79 bits per heavy atom. The minimum absolute atomic E-state index is 0.0465. The van der Waals surface area contributed by atoms with Gasteiger partial charge in [-0.25, -0.2) is 19.7 Å². The molecule has 4 rings (SSSR count). The highest BCUT2D eigenvalue weighted by Crippen LogP contribution is 2.33. The molecule has 1 N–H and O–H groups in total. The lowest BCUT2D eigenvalue weighted by atomic mass is 10.1. The topological polar surface area (TPSA) is 138 Å². The molecule has 0 fully saturated rings. The summed E-state index contributed by atoms with van der Waals surface area (Å²) in [4.78, 5) is 35.7. The normalized spacial score (nSPS) is 10.9. The van der Waals surface area contributed by atoms with Crippen LogP contribution in [0.4, 0.5) is 17.3 Å². The fourth-order valence-electron chi connectivity index (χ4n) is 3.38. The van der Waals surface area contributed by atoms with Crippen molar-refractivity contribution in [2.24, 2.45) is 0 Å². The number of nitro groups is 1. The number of rotatable bonds is 6. The summed E-state index contributed by atoms with van der Waals surface area (Å²) in [5, 5.41) is 19.3. The van der Waals surface area contributed by atoms with Crippen LogP contribution in [0.2, 0.25) is 5.15 Å². The third kappa shape index (κ3) is 4.05. The van der Waals surface area contributed by atoms with Gasteiger partial charge in [-0.15, -0.1) is 0 Å². The summed E-state index contributed by atoms with van der Waals surface area (Å²) < 4.78 is 6.49. The molecule has 33 heavy (non-hydrogen) atoms. The number of para-hydroxylation sites is 1. The number of esters is 1. The zero-order valence-electron chi connectivity index (χ0n) is 17.9. The largest absolute Gasteiger partial charge is 0.462 e. The van der Waals surface area contributed by atoms with Crippen LogP contribution >= 0.6 is 11.6 Å². The summed E-state index contributed by atoms with van der Waals surface area (Å²) >= 11 is 5.92. The van der Waals surface area contributed by atoms with E-state index < -0.39 is 16.6 Å². The highest BCUT2D eigenvalue weighted by molar-refractivity contribution is 6.31. The molecule has 11 nitrogen and oxygen atoms in total. The first-order valence-electron chi connectivity index (χ1n) is 9.86. The van der Waals surface area contributed by atoms with Crippen molar-refractivity contribution in [2.75, 3.05) is 11.9 Å². The van der Waals surface area contributed by atoms with Crippen molar-refractivity contribution in [3.63, 3.8) is 0 Å². The fourth-order valence-corrected chi connectivity index (χ4v) is 3.58. The molecule has 0 radical (unpaired) electrons. The van der Waals surface area contributed by atoms with Crippen molar-refractivity contribution >= 4 is 45.8 Å². The Balaban J connectivity index is 1.93. The zero-order chi connectivity index (χ0) is 23.7. The Labute approximate surface area is 192 Å². The van der Waals surface area contributed by atoms with E-state index in [1.165, 1.54) is 10.9 Å². The Bertz CT molecular complexity index is 1400. The molecule has 4 aromatic rings. The van der Waals surface area contributed by atoms with Crippen LogP contribution in [0.1, 0.15) is 28.4 Å². The lowest BCUT2D eigenvalue weighted by Gasteiger charge is -2.13. The third-order valence-electron chi connectivity index (χ3n) is 4.91. The van der Waals surface area contributed by atoms with Crippen molar-refractivity contribution < 1.29 is 14.5 Å². The number of nitrogens with zero attached hydrogens (tertiary/aromatic N) is 6. The van der Waals surface area contributed by atoms with Gasteiger partial charge in [0.25, 0.3) is 0 Å². The first kappa shape index (κ1) is 22.1. The van der Waals surface area contributed by atoms with Gasteiger partial charge >= 0.3 is 11.7 Å². The van der Waals surface area contributed by atoms with Gasteiger partial charge < -0.3 is 10.1 Å². The molecule has 0 saturated heterocycles. The average Bonchev–Trinajstić information content (AvgIpc) is 3.18. The number of carbonyl (C=O) groups excluding carboxylic acids is 1. The first-order valence-corrected chi connectivity index (χ1v) is 10.2. The van der Waals surface area contributed by atoms with Crippen LogP contribution in [0.3, 0.4) is 0 Å². The van der Waals surface area contributed by atoms with Crippen LogP contribution in [-0.2, 0) is 4.74 Å². The number of ether oxygens (including phenoxy) is 1. The molecule has 0 spiro atoms. The van der Waals surface area contributed by atoms with E-state index in [4.69, 9.17) is 21.3 Å². The van der Waals surface area contributed by atoms with Crippen molar-refractivity contribution in [3.8, 4) is 5.82 Å². The smallest absolute Gasteiger partial charge is 0.348 e. The molecule has 1 aromatic carbocycles. The van der Waals surface area contributed by atoms with Crippen LogP contribution < -0.4 is 5.32 Å². The maximum Gasteiger partial charge on any atom is 0.348 e. The summed E-state index contributed by atoms with van der Waals surface area (Å²) in [7, 11) is 0. The van der Waals surface area contributed by atoms with Gasteiger partial charge in [0.1, 0.15) is 11.9 Å². The molecular weight excluding hydrogens is 450 g/mol. The number of hydrogen-bond donors (Lipinski definition) is 1. The van der Waals surface area contributed by atoms with Crippen LogP contribution in [0.15, 0.2) is 36.8 Å². The second-order valence-corrected chi connectivity index (χ2v) is 7.41. The van der Waals surface area contributed by atoms with Gasteiger partial charge in [-0.05, 0) is 38.0 Å². The molecule has 3 heterocycles. The number of anilines is 2. The second kappa shape index (κ2) is 8.79. The van der Waals surface area contributed by atoms with Crippen molar-refractivity contribution in [2.45, 2.75) is 20.8 Å². The van der Waals surface area contributed by atoms with Gasteiger partial charge in [0.15, 0.2) is 11.6 Å². The summed E-state index contributed by atoms with van der Waals surface area (Å²) in [6.45, 7) is 5.68. The van der Waals surface area contributed by atoms with Gasteiger partial charge in [0.2, 0.25) is 11.0 Å². The highest BCUT2D eigenvalue weighted by atomic mass is 35.5. The molecule has 0 unspecified atom stereocenters. The highest BCUT2D eigenvalue weighted by Gasteiger charge is 2.27. The lowest BCUT2D eigenvalue weighted by Crippen LogP contribution is -2.12. The molecule has 0 aliphatic heterocycles. The van der Waals surface area contributed by atoms with Crippen molar-refractivity contribution in [1.29, 1.82) is 0 Å². The van der Waals surface area contributed by atoms with Gasteiger partial charge in [0, 0.05) is 5.39 Å². The van der Waals surface area contributed by atoms with Gasteiger partial charge in [-0.1, -0.05) is 29.8 Å². The molecule has 0 atom stereocenters. The Morgan fingerprint density at radius 2 is 2.06 bits per heavy atom. The predicted octanol–water partition coefficient (Wildman–Crippen LogP) is 4.31. The number of pyridine rings is 1. The minimum atomic E-state index is -0.711. The van der Waals surface area contributed by atoms with E-state index in [1.54, 1.807) is 13.0 Å². The monoisotopic (exact) mass is 467 g/mol. The summed E-state index contributed by atoms with van der Waals surface area (Å²) in [5.74, 6) is -0.384. The number of aryl methyl sites for hydroxylation is 2. The van der Waals surface area contributed by atoms with E-state index >= 15 is 0 Å². The number of nitrogens with one attached hydrogen (secondary N) is 1. The van der Waals surface area contributed by atoms with Crippen LogP contribution in [0.25, 0.3) is 16.7 Å². The molecule has 3 aromatic heterocycles. The molecule has 168 valence electrons. The van der Waals surface area contributed by atoms with E-state index in [-0.39, 0.29) is 29.0 Å². The predicted molar refractivity (Wildman–Crippen MR) is 121 cm³/mol. The Hall–Kier alpha value is -4.12. The lowest BCUT2D eigenvalue weighted by molar-refractivity contribution is -0.384. The van der Waals surface area contributed by atoms with Gasteiger partial charge in [-0.2, -0.15) is 9.78 Å². The van der Waals surface area contributed by atoms with E-state index in [1.807, 2.05) is 32.0 Å². The molecular formula is C21H18ClN7O4. The van der Waals surface area contributed by atoms with E-state index in [2.05, 4.69) is 20.4 Å². The Kier molecular flexibility index (Phi) is 5.88. The van der Waals surface area contributed by atoms with E-state index in [0.29, 0.717) is 5.82 Å². The molecule has 0 aliphatic carbocycles. The van der Waals surface area contributed by atoms with Crippen LogP contribution in [0.5, 0.6) is 0 Å². The number of halogens is 1. The SMILES string of the molecule is CCOC(=O)c1cnn(-c2cc(C)c3cccc(C)c3n2)c1Nc1ncnc(Cl)c1[N+](=O)[O-]. The van der Waals surface area contributed by atoms with Crippen molar-refractivity contribution in [1.82, 2.24) is 24.7 Å². The second-order valence-electron chi connectivity index (χ2n) is 7.05. The minimum Gasteiger partial charge on any atom is -0.462 e. The molecule has 0 bridgehead atoms. The van der Waals surface area contributed by atoms with E-state index in [0.717, 1.165) is 28.4 Å². The molecule has 0 amide bonds. The Morgan fingerprint density at radius 1 is 1.27 bits per heavy atom.